The fourth-order valence-corrected chi connectivity index (χ4v) is 0.996. The molecule has 4 heteroatoms. The molecule has 2 fully saturated rings. The molecule has 0 radical (unpaired) electrons. The average Bonchev–Trinajstić information content (AvgIpc) is 2.58. The Balaban J connectivity index is 2.02. The normalized spacial score (nSPS) is 56.7. The first-order valence-electron chi connectivity index (χ1n) is 2.92. The molecule has 9 heavy (non-hydrogen) atoms. The Kier molecular flexibility index (Phi) is 1.04. The van der Waals surface area contributed by atoms with Gasteiger partial charge in [0.05, 0.1) is 6.61 Å². The molecule has 4 atom stereocenters. The van der Waals surface area contributed by atoms with Crippen molar-refractivity contribution in [1.82, 2.24) is 0 Å². The van der Waals surface area contributed by atoms with E-state index < -0.39 is 12.2 Å². The van der Waals surface area contributed by atoms with Gasteiger partial charge in [0.15, 0.2) is 6.29 Å². The Morgan fingerprint density at radius 1 is 1.33 bits per heavy atom. The number of hydrogen-bond donors (Lipinski definition) is 2. The average molecular weight is 132 g/mol. The lowest BCUT2D eigenvalue weighted by atomic mass is 10.1. The molecule has 0 spiro atoms. The molecule has 2 aliphatic rings. The van der Waals surface area contributed by atoms with Crippen LogP contribution in [0.2, 0.25) is 0 Å². The maximum atomic E-state index is 9.03. The van der Waals surface area contributed by atoms with E-state index in [2.05, 4.69) is 0 Å². The summed E-state index contributed by atoms with van der Waals surface area (Å²) in [6, 6.07) is 0. The molecular weight excluding hydrogens is 124 g/mol. The van der Waals surface area contributed by atoms with Crippen LogP contribution in [0.5, 0.6) is 0 Å². The highest BCUT2D eigenvalue weighted by Gasteiger charge is 2.52. The summed E-state index contributed by atoms with van der Waals surface area (Å²) in [5.41, 5.74) is 0. The quantitative estimate of drug-likeness (QED) is 0.392. The lowest BCUT2D eigenvalue weighted by Gasteiger charge is -2.18. The van der Waals surface area contributed by atoms with Crippen LogP contribution in [0.4, 0.5) is 0 Å². The summed E-state index contributed by atoms with van der Waals surface area (Å²) in [6.07, 6.45) is -2.03. The number of rotatable bonds is 0. The van der Waals surface area contributed by atoms with Crippen LogP contribution in [0.15, 0.2) is 0 Å². The predicted molar refractivity (Wildman–Crippen MR) is 26.6 cm³/mol. The Hall–Kier alpha value is -0.160. The molecule has 2 aliphatic heterocycles. The van der Waals surface area contributed by atoms with Gasteiger partial charge < -0.3 is 19.7 Å². The molecular formula is C5H8O4. The van der Waals surface area contributed by atoms with Crippen LogP contribution in [0.1, 0.15) is 0 Å². The van der Waals surface area contributed by atoms with Crippen molar-refractivity contribution in [2.45, 2.75) is 24.6 Å². The van der Waals surface area contributed by atoms with E-state index in [9.17, 15) is 0 Å². The molecule has 0 aromatic carbocycles. The van der Waals surface area contributed by atoms with Gasteiger partial charge in [-0.2, -0.15) is 0 Å². The molecule has 2 rings (SSSR count). The summed E-state index contributed by atoms with van der Waals surface area (Å²) < 4.78 is 9.73. The van der Waals surface area contributed by atoms with E-state index in [0.29, 0.717) is 0 Å². The lowest BCUT2D eigenvalue weighted by Crippen LogP contribution is -2.40. The zero-order valence-electron chi connectivity index (χ0n) is 4.73. The van der Waals surface area contributed by atoms with Crippen molar-refractivity contribution in [2.24, 2.45) is 0 Å². The van der Waals surface area contributed by atoms with E-state index in [1.54, 1.807) is 0 Å². The van der Waals surface area contributed by atoms with Gasteiger partial charge in [-0.1, -0.05) is 0 Å². The van der Waals surface area contributed by atoms with Crippen LogP contribution >= 0.6 is 0 Å². The highest BCUT2D eigenvalue weighted by Crippen LogP contribution is 2.32. The lowest BCUT2D eigenvalue weighted by molar-refractivity contribution is -0.0775. The van der Waals surface area contributed by atoms with Crippen LogP contribution in [0.25, 0.3) is 0 Å². The summed E-state index contributed by atoms with van der Waals surface area (Å²) >= 11 is 0. The number of aliphatic hydroxyl groups excluding tert-OH is 2. The summed E-state index contributed by atoms with van der Waals surface area (Å²) in [7, 11) is 0. The van der Waals surface area contributed by atoms with Crippen LogP contribution in [0, 0.1) is 0 Å². The van der Waals surface area contributed by atoms with Gasteiger partial charge in [-0.15, -0.1) is 0 Å². The van der Waals surface area contributed by atoms with Crippen molar-refractivity contribution in [3.05, 3.63) is 0 Å². The molecule has 0 saturated carbocycles. The van der Waals surface area contributed by atoms with Crippen molar-refractivity contribution in [3.63, 3.8) is 0 Å². The first kappa shape index (κ1) is 5.61. The van der Waals surface area contributed by atoms with Crippen LogP contribution < -0.4 is 0 Å². The maximum absolute atomic E-state index is 9.03. The maximum Gasteiger partial charge on any atom is 0.187 e. The smallest absolute Gasteiger partial charge is 0.187 e. The van der Waals surface area contributed by atoms with Crippen molar-refractivity contribution in [3.8, 4) is 0 Å². The first-order chi connectivity index (χ1) is 4.29. The van der Waals surface area contributed by atoms with E-state index >= 15 is 0 Å². The van der Waals surface area contributed by atoms with Gasteiger partial charge in [0.2, 0.25) is 0 Å². The second-order valence-electron chi connectivity index (χ2n) is 2.36. The van der Waals surface area contributed by atoms with E-state index in [0.717, 1.165) is 0 Å². The molecule has 2 saturated heterocycles. The molecule has 0 amide bonds. The number of epoxide rings is 1. The van der Waals surface area contributed by atoms with Crippen molar-refractivity contribution in [1.29, 1.82) is 0 Å². The van der Waals surface area contributed by atoms with Gasteiger partial charge in [0.1, 0.15) is 18.3 Å². The third-order valence-corrected chi connectivity index (χ3v) is 1.64. The fraction of sp³-hybridized carbons (Fsp3) is 1.00. The minimum Gasteiger partial charge on any atom is -0.388 e. The monoisotopic (exact) mass is 132 g/mol. The standard InChI is InChI=1S/C5H8O4/c6-2-1-8-5-4(9-5)3(2)7/h2-7H,1H2. The van der Waals surface area contributed by atoms with Gasteiger partial charge in [0.25, 0.3) is 0 Å². The summed E-state index contributed by atoms with van der Waals surface area (Å²) in [4.78, 5) is 0. The van der Waals surface area contributed by atoms with E-state index in [1.807, 2.05) is 0 Å². The molecule has 0 bridgehead atoms. The Morgan fingerprint density at radius 2 is 2.11 bits per heavy atom. The second kappa shape index (κ2) is 1.67. The molecule has 52 valence electrons. The number of fused-ring (bicyclic) bond motifs is 1. The highest BCUT2D eigenvalue weighted by molar-refractivity contribution is 4.92. The van der Waals surface area contributed by atoms with Crippen molar-refractivity contribution < 1.29 is 19.7 Å². The second-order valence-corrected chi connectivity index (χ2v) is 2.36. The van der Waals surface area contributed by atoms with Crippen LogP contribution in [-0.2, 0) is 9.47 Å². The number of hydrogen-bond acceptors (Lipinski definition) is 4. The highest BCUT2D eigenvalue weighted by atomic mass is 16.8. The van der Waals surface area contributed by atoms with Gasteiger partial charge in [0, 0.05) is 0 Å². The minimum absolute atomic E-state index is 0.183. The molecule has 0 aromatic heterocycles. The topological polar surface area (TPSA) is 62.2 Å². The van der Waals surface area contributed by atoms with Gasteiger partial charge in [-0.05, 0) is 0 Å². The van der Waals surface area contributed by atoms with Gasteiger partial charge in [-0.25, -0.2) is 0 Å². The zero-order chi connectivity index (χ0) is 6.43. The molecule has 4 nitrogen and oxygen atoms in total. The van der Waals surface area contributed by atoms with Gasteiger partial charge >= 0.3 is 0 Å². The molecule has 2 N–H and O–H groups in total. The predicted octanol–water partition coefficient (Wildman–Crippen LogP) is -1.54. The Morgan fingerprint density at radius 3 is 2.78 bits per heavy atom. The molecule has 2 heterocycles. The number of aliphatic hydroxyl groups is 2. The van der Waals surface area contributed by atoms with E-state index in [4.69, 9.17) is 19.7 Å². The first-order valence-corrected chi connectivity index (χ1v) is 2.92. The largest absolute Gasteiger partial charge is 0.388 e. The third-order valence-electron chi connectivity index (χ3n) is 1.64. The minimum atomic E-state index is -0.770. The fourth-order valence-electron chi connectivity index (χ4n) is 0.996. The van der Waals surface area contributed by atoms with Crippen LogP contribution in [-0.4, -0.2) is 41.4 Å². The molecule has 4 unspecified atom stereocenters. The molecule has 0 aromatic rings. The Labute approximate surface area is 52.0 Å². The summed E-state index contributed by atoms with van der Waals surface area (Å²) in [5, 5.41) is 18.0. The van der Waals surface area contributed by atoms with Gasteiger partial charge in [-0.3, -0.25) is 0 Å². The zero-order valence-corrected chi connectivity index (χ0v) is 4.73. The van der Waals surface area contributed by atoms with Crippen molar-refractivity contribution >= 4 is 0 Å². The SMILES string of the molecule is OC1COC2OC2C1O. The number of ether oxygens (including phenoxy) is 2. The summed E-state index contributed by atoms with van der Waals surface area (Å²) in [6.45, 7) is 0.183. The van der Waals surface area contributed by atoms with Crippen LogP contribution in [0.3, 0.4) is 0 Å². The summed E-state index contributed by atoms with van der Waals surface area (Å²) in [5.74, 6) is 0. The van der Waals surface area contributed by atoms with E-state index in [-0.39, 0.29) is 19.0 Å². The third kappa shape index (κ3) is 0.753. The van der Waals surface area contributed by atoms with Crippen molar-refractivity contribution in [2.75, 3.05) is 6.61 Å². The molecule has 0 aliphatic carbocycles. The Bertz CT molecular complexity index is 124. The van der Waals surface area contributed by atoms with E-state index in [1.165, 1.54) is 0 Å².